The molecule has 0 saturated heterocycles. The van der Waals surface area contributed by atoms with E-state index in [2.05, 4.69) is 0 Å². The average Bonchev–Trinajstić information content (AvgIpc) is 2.89. The standard InChI is InChI=1S/C10H9Cl2NO/c11-8-2-1-5(3-9(8)12)6-4-7(6)10(13)14/h1-3,6-7H,4H2,(H2,13,14). The van der Waals surface area contributed by atoms with Crippen LogP contribution in [0.3, 0.4) is 0 Å². The summed E-state index contributed by atoms with van der Waals surface area (Å²) in [6.45, 7) is 0. The molecule has 2 nitrogen and oxygen atoms in total. The SMILES string of the molecule is NC(=O)C1CC1c1ccc(Cl)c(Cl)c1. The lowest BCUT2D eigenvalue weighted by molar-refractivity contribution is -0.119. The third kappa shape index (κ3) is 1.72. The van der Waals surface area contributed by atoms with Crippen molar-refractivity contribution in [2.75, 3.05) is 0 Å². The Morgan fingerprint density at radius 2 is 2.07 bits per heavy atom. The second kappa shape index (κ2) is 3.44. The number of hydrogen-bond acceptors (Lipinski definition) is 1. The Kier molecular flexibility index (Phi) is 2.41. The molecule has 4 heteroatoms. The molecular formula is C10H9Cl2NO. The zero-order chi connectivity index (χ0) is 10.3. The third-order valence-corrected chi connectivity index (χ3v) is 3.27. The van der Waals surface area contributed by atoms with Crippen molar-refractivity contribution in [3.05, 3.63) is 33.8 Å². The maximum absolute atomic E-state index is 10.9. The lowest BCUT2D eigenvalue weighted by Gasteiger charge is -2.01. The zero-order valence-corrected chi connectivity index (χ0v) is 8.85. The first-order valence-corrected chi connectivity index (χ1v) is 5.09. The van der Waals surface area contributed by atoms with Crippen LogP contribution in [0.4, 0.5) is 0 Å². The van der Waals surface area contributed by atoms with Gasteiger partial charge in [-0.1, -0.05) is 29.3 Å². The van der Waals surface area contributed by atoms with E-state index in [0.29, 0.717) is 10.0 Å². The lowest BCUT2D eigenvalue weighted by Crippen LogP contribution is -2.13. The lowest BCUT2D eigenvalue weighted by atomic mass is 10.1. The van der Waals surface area contributed by atoms with Crippen molar-refractivity contribution < 1.29 is 4.79 Å². The first-order valence-electron chi connectivity index (χ1n) is 4.34. The van der Waals surface area contributed by atoms with Gasteiger partial charge in [0.1, 0.15) is 0 Å². The largest absolute Gasteiger partial charge is 0.369 e. The zero-order valence-electron chi connectivity index (χ0n) is 7.34. The monoisotopic (exact) mass is 229 g/mol. The van der Waals surface area contributed by atoms with E-state index in [9.17, 15) is 4.79 Å². The molecule has 0 spiro atoms. The summed E-state index contributed by atoms with van der Waals surface area (Å²) in [5, 5.41) is 1.06. The van der Waals surface area contributed by atoms with Crippen LogP contribution in [0.25, 0.3) is 0 Å². The van der Waals surface area contributed by atoms with Crippen LogP contribution in [-0.2, 0) is 4.79 Å². The van der Waals surface area contributed by atoms with Gasteiger partial charge in [-0.25, -0.2) is 0 Å². The second-order valence-corrected chi connectivity index (χ2v) is 4.34. The molecule has 1 saturated carbocycles. The van der Waals surface area contributed by atoms with E-state index >= 15 is 0 Å². The van der Waals surface area contributed by atoms with Crippen molar-refractivity contribution in [3.8, 4) is 0 Å². The molecule has 1 aromatic rings. The highest BCUT2D eigenvalue weighted by Crippen LogP contribution is 2.48. The molecule has 2 rings (SSSR count). The Balaban J connectivity index is 2.20. The number of hydrogen-bond donors (Lipinski definition) is 1. The number of carbonyl (C=O) groups excluding carboxylic acids is 1. The van der Waals surface area contributed by atoms with E-state index < -0.39 is 0 Å². The van der Waals surface area contributed by atoms with E-state index in [1.54, 1.807) is 12.1 Å². The molecule has 2 unspecified atom stereocenters. The van der Waals surface area contributed by atoms with Crippen LogP contribution < -0.4 is 5.73 Å². The molecule has 0 aliphatic heterocycles. The van der Waals surface area contributed by atoms with E-state index in [0.717, 1.165) is 12.0 Å². The van der Waals surface area contributed by atoms with Gasteiger partial charge in [0, 0.05) is 5.92 Å². The number of benzene rings is 1. The highest BCUT2D eigenvalue weighted by Gasteiger charge is 2.42. The molecule has 1 aliphatic rings. The maximum atomic E-state index is 10.9. The van der Waals surface area contributed by atoms with Gasteiger partial charge in [-0.15, -0.1) is 0 Å². The van der Waals surface area contributed by atoms with Crippen molar-refractivity contribution in [1.29, 1.82) is 0 Å². The Labute approximate surface area is 92.0 Å². The topological polar surface area (TPSA) is 43.1 Å². The molecule has 0 radical (unpaired) electrons. The van der Waals surface area contributed by atoms with E-state index in [4.69, 9.17) is 28.9 Å². The molecule has 74 valence electrons. The van der Waals surface area contributed by atoms with Crippen molar-refractivity contribution in [2.24, 2.45) is 11.7 Å². The maximum Gasteiger partial charge on any atom is 0.221 e. The van der Waals surface area contributed by atoms with Crippen LogP contribution in [0.15, 0.2) is 18.2 Å². The van der Waals surface area contributed by atoms with Gasteiger partial charge >= 0.3 is 0 Å². The van der Waals surface area contributed by atoms with Crippen LogP contribution in [0.2, 0.25) is 10.0 Å². The molecule has 0 bridgehead atoms. The summed E-state index contributed by atoms with van der Waals surface area (Å²) in [6, 6.07) is 5.44. The van der Waals surface area contributed by atoms with Gasteiger partial charge in [0.25, 0.3) is 0 Å². The van der Waals surface area contributed by atoms with E-state index in [1.165, 1.54) is 0 Å². The van der Waals surface area contributed by atoms with Gasteiger partial charge in [0.05, 0.1) is 10.0 Å². The smallest absolute Gasteiger partial charge is 0.221 e. The molecule has 2 atom stereocenters. The predicted octanol–water partition coefficient (Wildman–Crippen LogP) is 2.58. The van der Waals surface area contributed by atoms with Crippen molar-refractivity contribution in [1.82, 2.24) is 0 Å². The fourth-order valence-electron chi connectivity index (χ4n) is 1.62. The van der Waals surface area contributed by atoms with Gasteiger partial charge in [0.2, 0.25) is 5.91 Å². The van der Waals surface area contributed by atoms with Crippen LogP contribution in [0.1, 0.15) is 17.9 Å². The van der Waals surface area contributed by atoms with E-state index in [1.807, 2.05) is 6.07 Å². The average molecular weight is 230 g/mol. The Morgan fingerprint density at radius 3 is 2.57 bits per heavy atom. The van der Waals surface area contributed by atoms with Crippen LogP contribution in [0.5, 0.6) is 0 Å². The van der Waals surface area contributed by atoms with E-state index in [-0.39, 0.29) is 17.7 Å². The van der Waals surface area contributed by atoms with Crippen LogP contribution >= 0.6 is 23.2 Å². The molecule has 1 aliphatic carbocycles. The fourth-order valence-corrected chi connectivity index (χ4v) is 1.93. The number of primary amides is 1. The first kappa shape index (κ1) is 9.81. The van der Waals surface area contributed by atoms with Crippen LogP contribution in [-0.4, -0.2) is 5.91 Å². The normalized spacial score (nSPS) is 24.7. The highest BCUT2D eigenvalue weighted by atomic mass is 35.5. The van der Waals surface area contributed by atoms with Gasteiger partial charge in [-0.2, -0.15) is 0 Å². The molecule has 0 heterocycles. The minimum absolute atomic E-state index is 0.0211. The minimum Gasteiger partial charge on any atom is -0.369 e. The third-order valence-electron chi connectivity index (χ3n) is 2.53. The van der Waals surface area contributed by atoms with Crippen molar-refractivity contribution >= 4 is 29.1 Å². The summed E-state index contributed by atoms with van der Waals surface area (Å²) in [5.41, 5.74) is 6.24. The Bertz CT molecular complexity index is 392. The van der Waals surface area contributed by atoms with Gasteiger partial charge < -0.3 is 5.73 Å². The van der Waals surface area contributed by atoms with Crippen LogP contribution in [0, 0.1) is 5.92 Å². The molecular weight excluding hydrogens is 221 g/mol. The number of carbonyl (C=O) groups is 1. The number of nitrogens with two attached hydrogens (primary N) is 1. The molecule has 1 fully saturated rings. The highest BCUT2D eigenvalue weighted by molar-refractivity contribution is 6.42. The molecule has 0 aromatic heterocycles. The second-order valence-electron chi connectivity index (χ2n) is 3.52. The molecule has 14 heavy (non-hydrogen) atoms. The van der Waals surface area contributed by atoms with Crippen molar-refractivity contribution in [2.45, 2.75) is 12.3 Å². The summed E-state index contributed by atoms with van der Waals surface area (Å²) < 4.78 is 0. The minimum atomic E-state index is -0.235. The quantitative estimate of drug-likeness (QED) is 0.833. The summed E-state index contributed by atoms with van der Waals surface area (Å²) in [4.78, 5) is 10.9. The predicted molar refractivity (Wildman–Crippen MR) is 56.5 cm³/mol. The van der Waals surface area contributed by atoms with Gasteiger partial charge in [-0.05, 0) is 30.0 Å². The first-order chi connectivity index (χ1) is 6.59. The number of halogens is 2. The summed E-state index contributed by atoms with van der Waals surface area (Å²) in [7, 11) is 0. The molecule has 1 aromatic carbocycles. The van der Waals surface area contributed by atoms with Gasteiger partial charge in [0.15, 0.2) is 0 Å². The summed E-state index contributed by atoms with van der Waals surface area (Å²) in [6.07, 6.45) is 0.827. The van der Waals surface area contributed by atoms with Gasteiger partial charge in [-0.3, -0.25) is 4.79 Å². The molecule has 1 amide bonds. The number of rotatable bonds is 2. The van der Waals surface area contributed by atoms with Crippen molar-refractivity contribution in [3.63, 3.8) is 0 Å². The summed E-state index contributed by atoms with van der Waals surface area (Å²) in [5.74, 6) is -0.0180. The summed E-state index contributed by atoms with van der Waals surface area (Å²) >= 11 is 11.6. The molecule has 2 N–H and O–H groups in total. The Morgan fingerprint density at radius 1 is 1.36 bits per heavy atom. The number of amides is 1. The fraction of sp³-hybridized carbons (Fsp3) is 0.300. The Hall–Kier alpha value is -0.730.